The van der Waals surface area contributed by atoms with Gasteiger partial charge in [-0.3, -0.25) is 14.4 Å². The number of halogens is 3. The van der Waals surface area contributed by atoms with Crippen LogP contribution in [0.15, 0.2) is 36.4 Å². The number of nitrogens with one attached hydrogen (secondary N) is 2. The first-order valence-electron chi connectivity index (χ1n) is 8.41. The zero-order valence-electron chi connectivity index (χ0n) is 15.3. The number of amides is 2. The Hall–Kier alpha value is -2.48. The number of anilines is 1. The molecule has 0 aliphatic carbocycles. The SMILES string of the molecule is CCOc1ccccc1C(=O)NCC(=O)OCC(=O)Nc1cc(Cl)c(Cl)cc1Cl. The molecule has 2 N–H and O–H groups in total. The Bertz CT molecular complexity index is 921. The fraction of sp³-hybridized carbons (Fsp3) is 0.211. The zero-order valence-corrected chi connectivity index (χ0v) is 17.5. The second-order valence-corrected chi connectivity index (χ2v) is 6.79. The molecule has 0 unspecified atom stereocenters. The molecule has 0 saturated heterocycles. The van der Waals surface area contributed by atoms with E-state index in [9.17, 15) is 14.4 Å². The number of carbonyl (C=O) groups excluding carboxylic acids is 3. The lowest BCUT2D eigenvalue weighted by molar-refractivity contribution is -0.146. The quantitative estimate of drug-likeness (QED) is 0.460. The number of hydrogen-bond acceptors (Lipinski definition) is 5. The first kappa shape index (κ1) is 22.8. The van der Waals surface area contributed by atoms with Crippen molar-refractivity contribution in [3.05, 3.63) is 57.0 Å². The molecule has 154 valence electrons. The smallest absolute Gasteiger partial charge is 0.325 e. The summed E-state index contributed by atoms with van der Waals surface area (Å²) in [5.74, 6) is -1.52. The van der Waals surface area contributed by atoms with Gasteiger partial charge in [0.1, 0.15) is 12.3 Å². The maximum atomic E-state index is 12.2. The van der Waals surface area contributed by atoms with Crippen LogP contribution in [0.5, 0.6) is 5.75 Å². The Morgan fingerprint density at radius 1 is 1.00 bits per heavy atom. The van der Waals surface area contributed by atoms with Gasteiger partial charge in [0.05, 0.1) is 32.9 Å². The molecule has 2 aromatic carbocycles. The summed E-state index contributed by atoms with van der Waals surface area (Å²) in [4.78, 5) is 35.9. The number of hydrogen-bond donors (Lipinski definition) is 2. The molecular formula is C19H17Cl3N2O5. The summed E-state index contributed by atoms with van der Waals surface area (Å²) >= 11 is 17.7. The van der Waals surface area contributed by atoms with Crippen molar-refractivity contribution in [2.75, 3.05) is 25.1 Å². The van der Waals surface area contributed by atoms with E-state index in [4.69, 9.17) is 44.3 Å². The lowest BCUT2D eigenvalue weighted by atomic mass is 10.2. The predicted molar refractivity (Wildman–Crippen MR) is 111 cm³/mol. The first-order valence-corrected chi connectivity index (χ1v) is 9.55. The summed E-state index contributed by atoms with van der Waals surface area (Å²) in [7, 11) is 0. The van der Waals surface area contributed by atoms with Crippen LogP contribution < -0.4 is 15.4 Å². The summed E-state index contributed by atoms with van der Waals surface area (Å²) in [6.07, 6.45) is 0. The molecule has 2 amide bonds. The van der Waals surface area contributed by atoms with Crippen LogP contribution in [0.25, 0.3) is 0 Å². The van der Waals surface area contributed by atoms with Gasteiger partial charge in [-0.25, -0.2) is 0 Å². The van der Waals surface area contributed by atoms with Gasteiger partial charge in [-0.15, -0.1) is 0 Å². The standard InChI is InChI=1S/C19H17Cl3N2O5/c1-2-28-16-6-4-3-5-11(16)19(27)23-9-18(26)29-10-17(25)24-15-8-13(21)12(20)7-14(15)22/h3-8H,2,9-10H2,1H3,(H,23,27)(H,24,25). The second-order valence-electron chi connectivity index (χ2n) is 5.57. The van der Waals surface area contributed by atoms with Crippen LogP contribution in [0, 0.1) is 0 Å². The first-order chi connectivity index (χ1) is 13.8. The summed E-state index contributed by atoms with van der Waals surface area (Å²) in [6, 6.07) is 9.38. The third-order valence-electron chi connectivity index (χ3n) is 3.47. The van der Waals surface area contributed by atoms with Gasteiger partial charge in [0.2, 0.25) is 0 Å². The largest absolute Gasteiger partial charge is 0.493 e. The molecule has 2 aromatic rings. The van der Waals surface area contributed by atoms with E-state index in [1.807, 2.05) is 0 Å². The molecule has 0 bridgehead atoms. The molecule has 0 aromatic heterocycles. The summed E-state index contributed by atoms with van der Waals surface area (Å²) < 4.78 is 10.2. The molecule has 29 heavy (non-hydrogen) atoms. The van der Waals surface area contributed by atoms with Gasteiger partial charge in [-0.2, -0.15) is 0 Å². The van der Waals surface area contributed by atoms with Crippen molar-refractivity contribution in [3.8, 4) is 5.75 Å². The Morgan fingerprint density at radius 3 is 2.41 bits per heavy atom. The molecular weight excluding hydrogens is 443 g/mol. The zero-order chi connectivity index (χ0) is 21.4. The number of ether oxygens (including phenoxy) is 2. The molecule has 0 atom stereocenters. The molecule has 0 aliphatic heterocycles. The third kappa shape index (κ3) is 6.81. The molecule has 0 fully saturated rings. The van der Waals surface area contributed by atoms with Crippen molar-refractivity contribution in [1.29, 1.82) is 0 Å². The van der Waals surface area contributed by atoms with Gasteiger partial charge in [-0.1, -0.05) is 46.9 Å². The van der Waals surface area contributed by atoms with Crippen molar-refractivity contribution in [2.24, 2.45) is 0 Å². The molecule has 0 radical (unpaired) electrons. The molecule has 0 heterocycles. The highest BCUT2D eigenvalue weighted by atomic mass is 35.5. The Balaban J connectivity index is 1.82. The maximum Gasteiger partial charge on any atom is 0.325 e. The van der Waals surface area contributed by atoms with E-state index < -0.39 is 30.9 Å². The number of rotatable bonds is 8. The minimum absolute atomic E-state index is 0.180. The molecule has 7 nitrogen and oxygen atoms in total. The van der Waals surface area contributed by atoms with Crippen LogP contribution in [-0.2, 0) is 14.3 Å². The number of carbonyl (C=O) groups is 3. The third-order valence-corrected chi connectivity index (χ3v) is 4.51. The number of benzene rings is 2. The van der Waals surface area contributed by atoms with E-state index in [0.717, 1.165) is 0 Å². The van der Waals surface area contributed by atoms with Gasteiger partial charge >= 0.3 is 5.97 Å². The molecule has 10 heteroatoms. The number of esters is 1. The van der Waals surface area contributed by atoms with Crippen LogP contribution in [0.2, 0.25) is 15.1 Å². The fourth-order valence-corrected chi connectivity index (χ4v) is 2.78. The van der Waals surface area contributed by atoms with Gasteiger partial charge in [0.15, 0.2) is 6.61 Å². The van der Waals surface area contributed by atoms with Crippen LogP contribution in [0.1, 0.15) is 17.3 Å². The predicted octanol–water partition coefficient (Wildman–Crippen LogP) is 3.96. The summed E-state index contributed by atoms with van der Waals surface area (Å²) in [6.45, 7) is 1.20. The van der Waals surface area contributed by atoms with E-state index in [1.165, 1.54) is 12.1 Å². The van der Waals surface area contributed by atoms with Crippen molar-refractivity contribution in [1.82, 2.24) is 5.32 Å². The highest BCUT2D eigenvalue weighted by molar-refractivity contribution is 6.44. The lowest BCUT2D eigenvalue weighted by Gasteiger charge is -2.11. The average molecular weight is 460 g/mol. The highest BCUT2D eigenvalue weighted by Gasteiger charge is 2.15. The van der Waals surface area contributed by atoms with Gasteiger partial charge in [0.25, 0.3) is 11.8 Å². The molecule has 0 saturated carbocycles. The molecule has 0 spiro atoms. The Kier molecular flexibility index (Phi) is 8.57. The van der Waals surface area contributed by atoms with E-state index >= 15 is 0 Å². The molecule has 0 aliphatic rings. The normalized spacial score (nSPS) is 10.2. The van der Waals surface area contributed by atoms with Gasteiger partial charge in [-0.05, 0) is 31.2 Å². The van der Waals surface area contributed by atoms with E-state index in [0.29, 0.717) is 12.4 Å². The Morgan fingerprint density at radius 2 is 1.69 bits per heavy atom. The average Bonchev–Trinajstić information content (AvgIpc) is 2.69. The lowest BCUT2D eigenvalue weighted by Crippen LogP contribution is -2.32. The van der Waals surface area contributed by atoms with Crippen LogP contribution >= 0.6 is 34.8 Å². The van der Waals surface area contributed by atoms with Crippen LogP contribution in [0.4, 0.5) is 5.69 Å². The van der Waals surface area contributed by atoms with Crippen molar-refractivity contribution < 1.29 is 23.9 Å². The fourth-order valence-electron chi connectivity index (χ4n) is 2.18. The van der Waals surface area contributed by atoms with Gasteiger partial charge < -0.3 is 20.1 Å². The van der Waals surface area contributed by atoms with E-state index in [2.05, 4.69) is 10.6 Å². The van der Waals surface area contributed by atoms with Crippen LogP contribution in [0.3, 0.4) is 0 Å². The minimum atomic E-state index is -0.789. The number of para-hydroxylation sites is 1. The monoisotopic (exact) mass is 458 g/mol. The Labute approximate surface area is 182 Å². The highest BCUT2D eigenvalue weighted by Crippen LogP contribution is 2.32. The second kappa shape index (κ2) is 10.9. The molecule has 2 rings (SSSR count). The van der Waals surface area contributed by atoms with Crippen molar-refractivity contribution in [3.63, 3.8) is 0 Å². The van der Waals surface area contributed by atoms with E-state index in [-0.39, 0.29) is 26.3 Å². The van der Waals surface area contributed by atoms with Crippen molar-refractivity contribution >= 4 is 58.3 Å². The summed E-state index contributed by atoms with van der Waals surface area (Å²) in [5, 5.41) is 5.49. The van der Waals surface area contributed by atoms with Gasteiger partial charge in [0, 0.05) is 0 Å². The topological polar surface area (TPSA) is 93.7 Å². The maximum absolute atomic E-state index is 12.2. The minimum Gasteiger partial charge on any atom is -0.493 e. The summed E-state index contributed by atoms with van der Waals surface area (Å²) in [5.41, 5.74) is 0.511. The van der Waals surface area contributed by atoms with Crippen molar-refractivity contribution in [2.45, 2.75) is 6.92 Å². The van der Waals surface area contributed by atoms with E-state index in [1.54, 1.807) is 31.2 Å². The van der Waals surface area contributed by atoms with Crippen LogP contribution in [-0.4, -0.2) is 37.5 Å².